The van der Waals surface area contributed by atoms with E-state index in [-0.39, 0.29) is 30.2 Å². The standard InChI is InChI=1S/C17H18FNO4/c18-12-3-5-13(6-4-12)22-11-15-7-8-16(23-15)17(20)19-10-14-2-1-9-21-14/h3-8,14H,1-2,9-11H2,(H,19,20)/t14-/m0/s1. The number of amides is 1. The molecule has 1 atom stereocenters. The maximum Gasteiger partial charge on any atom is 0.287 e. The second-order valence-corrected chi connectivity index (χ2v) is 5.35. The van der Waals surface area contributed by atoms with Crippen LogP contribution in [-0.2, 0) is 11.3 Å². The fraction of sp³-hybridized carbons (Fsp3) is 0.353. The topological polar surface area (TPSA) is 60.7 Å². The Morgan fingerprint density at radius 3 is 2.83 bits per heavy atom. The predicted molar refractivity (Wildman–Crippen MR) is 80.7 cm³/mol. The SMILES string of the molecule is O=C(NC[C@@H]1CCCO1)c1ccc(COc2ccc(F)cc2)o1. The molecule has 0 aliphatic carbocycles. The van der Waals surface area contributed by atoms with Crippen LogP contribution in [-0.4, -0.2) is 25.2 Å². The van der Waals surface area contributed by atoms with Gasteiger partial charge in [-0.15, -0.1) is 0 Å². The molecule has 2 heterocycles. The highest BCUT2D eigenvalue weighted by Crippen LogP contribution is 2.15. The Bertz CT molecular complexity index is 647. The van der Waals surface area contributed by atoms with Gasteiger partial charge in [-0.1, -0.05) is 0 Å². The van der Waals surface area contributed by atoms with Gasteiger partial charge in [0.15, 0.2) is 5.76 Å². The van der Waals surface area contributed by atoms with Crippen molar-refractivity contribution in [1.29, 1.82) is 0 Å². The summed E-state index contributed by atoms with van der Waals surface area (Å²) in [6.07, 6.45) is 2.09. The van der Waals surface area contributed by atoms with Crippen LogP contribution in [0.5, 0.6) is 5.75 Å². The first kappa shape index (κ1) is 15.6. The zero-order chi connectivity index (χ0) is 16.1. The first-order valence-electron chi connectivity index (χ1n) is 7.57. The molecule has 1 aliphatic heterocycles. The van der Waals surface area contributed by atoms with Crippen molar-refractivity contribution in [2.24, 2.45) is 0 Å². The van der Waals surface area contributed by atoms with Crippen LogP contribution < -0.4 is 10.1 Å². The van der Waals surface area contributed by atoms with Gasteiger partial charge < -0.3 is 19.2 Å². The lowest BCUT2D eigenvalue weighted by molar-refractivity contribution is 0.0832. The van der Waals surface area contributed by atoms with E-state index < -0.39 is 0 Å². The van der Waals surface area contributed by atoms with Crippen LogP contribution in [0.25, 0.3) is 0 Å². The molecular weight excluding hydrogens is 301 g/mol. The van der Waals surface area contributed by atoms with Crippen LogP contribution in [0.4, 0.5) is 4.39 Å². The van der Waals surface area contributed by atoms with Gasteiger partial charge in [-0.25, -0.2) is 4.39 Å². The van der Waals surface area contributed by atoms with Crippen LogP contribution in [0.1, 0.15) is 29.2 Å². The molecule has 0 spiro atoms. The van der Waals surface area contributed by atoms with Gasteiger partial charge in [-0.05, 0) is 49.2 Å². The Kier molecular flexibility index (Phi) is 4.92. The number of furan rings is 1. The average Bonchev–Trinajstić information content (AvgIpc) is 3.24. The number of rotatable bonds is 6. The number of carbonyl (C=O) groups excluding carboxylic acids is 1. The molecule has 122 valence electrons. The average molecular weight is 319 g/mol. The summed E-state index contributed by atoms with van der Waals surface area (Å²) in [7, 11) is 0. The number of hydrogen-bond acceptors (Lipinski definition) is 4. The molecule has 1 N–H and O–H groups in total. The van der Waals surface area contributed by atoms with Gasteiger partial charge in [0.05, 0.1) is 6.10 Å². The summed E-state index contributed by atoms with van der Waals surface area (Å²) in [6.45, 7) is 1.41. The lowest BCUT2D eigenvalue weighted by Gasteiger charge is -2.09. The van der Waals surface area contributed by atoms with Gasteiger partial charge in [-0.2, -0.15) is 0 Å². The molecule has 1 aromatic carbocycles. The number of carbonyl (C=O) groups is 1. The van der Waals surface area contributed by atoms with Gasteiger partial charge in [0, 0.05) is 13.2 Å². The highest BCUT2D eigenvalue weighted by atomic mass is 19.1. The summed E-state index contributed by atoms with van der Waals surface area (Å²) in [4.78, 5) is 12.0. The molecule has 1 fully saturated rings. The normalized spacial score (nSPS) is 17.2. The molecule has 1 amide bonds. The van der Waals surface area contributed by atoms with Gasteiger partial charge in [0.25, 0.3) is 5.91 Å². The van der Waals surface area contributed by atoms with Gasteiger partial charge in [0.1, 0.15) is 23.9 Å². The predicted octanol–water partition coefficient (Wildman–Crippen LogP) is 2.91. The molecule has 23 heavy (non-hydrogen) atoms. The third kappa shape index (κ3) is 4.32. The quantitative estimate of drug-likeness (QED) is 0.889. The highest BCUT2D eigenvalue weighted by molar-refractivity contribution is 5.91. The lowest BCUT2D eigenvalue weighted by Crippen LogP contribution is -2.31. The maximum absolute atomic E-state index is 12.8. The van der Waals surface area contributed by atoms with Crippen LogP contribution in [0.15, 0.2) is 40.8 Å². The third-order valence-corrected chi connectivity index (χ3v) is 3.59. The number of nitrogens with one attached hydrogen (secondary N) is 1. The Hall–Kier alpha value is -2.34. The minimum atomic E-state index is -0.319. The zero-order valence-corrected chi connectivity index (χ0v) is 12.6. The summed E-state index contributed by atoms with van der Waals surface area (Å²) >= 11 is 0. The molecule has 0 unspecified atom stereocenters. The van der Waals surface area contributed by atoms with E-state index in [4.69, 9.17) is 13.9 Å². The summed E-state index contributed by atoms with van der Waals surface area (Å²) in [5, 5.41) is 2.79. The van der Waals surface area contributed by atoms with E-state index in [0.717, 1.165) is 19.4 Å². The van der Waals surface area contributed by atoms with Crippen molar-refractivity contribution in [1.82, 2.24) is 5.32 Å². The molecule has 0 saturated carbocycles. The van der Waals surface area contributed by atoms with E-state index in [1.165, 1.54) is 24.3 Å². The molecule has 1 aromatic heterocycles. The fourth-order valence-corrected chi connectivity index (χ4v) is 2.36. The third-order valence-electron chi connectivity index (χ3n) is 3.59. The van der Waals surface area contributed by atoms with Crippen LogP contribution in [0, 0.1) is 5.82 Å². The van der Waals surface area contributed by atoms with Crippen LogP contribution in [0.2, 0.25) is 0 Å². The molecule has 0 bridgehead atoms. The molecule has 6 heteroatoms. The van der Waals surface area contributed by atoms with E-state index in [9.17, 15) is 9.18 Å². The minimum absolute atomic E-state index is 0.0928. The molecule has 2 aromatic rings. The monoisotopic (exact) mass is 319 g/mol. The van der Waals surface area contributed by atoms with Crippen molar-refractivity contribution >= 4 is 5.91 Å². The Balaban J connectivity index is 1.48. The number of benzene rings is 1. The number of ether oxygens (including phenoxy) is 2. The largest absolute Gasteiger partial charge is 0.486 e. The van der Waals surface area contributed by atoms with E-state index in [0.29, 0.717) is 18.1 Å². The smallest absolute Gasteiger partial charge is 0.287 e. The van der Waals surface area contributed by atoms with Crippen LogP contribution in [0.3, 0.4) is 0 Å². The van der Waals surface area contributed by atoms with Gasteiger partial charge >= 0.3 is 0 Å². The van der Waals surface area contributed by atoms with E-state index in [1.54, 1.807) is 12.1 Å². The maximum atomic E-state index is 12.8. The molecule has 1 aliphatic rings. The number of halogens is 1. The lowest BCUT2D eigenvalue weighted by atomic mass is 10.2. The highest BCUT2D eigenvalue weighted by Gasteiger charge is 2.18. The first-order chi connectivity index (χ1) is 11.2. The van der Waals surface area contributed by atoms with Crippen molar-refractivity contribution in [3.63, 3.8) is 0 Å². The fourth-order valence-electron chi connectivity index (χ4n) is 2.36. The van der Waals surface area contributed by atoms with Gasteiger partial charge in [0.2, 0.25) is 0 Å². The molecular formula is C17H18FNO4. The summed E-state index contributed by atoms with van der Waals surface area (Å²) in [6, 6.07) is 9.00. The molecule has 3 rings (SSSR count). The molecule has 5 nitrogen and oxygen atoms in total. The van der Waals surface area contributed by atoms with Crippen molar-refractivity contribution in [2.45, 2.75) is 25.6 Å². The Morgan fingerprint density at radius 1 is 1.26 bits per heavy atom. The Labute approximate surface area is 133 Å². The first-order valence-corrected chi connectivity index (χ1v) is 7.57. The number of hydrogen-bond donors (Lipinski definition) is 1. The van der Waals surface area contributed by atoms with Crippen LogP contribution >= 0.6 is 0 Å². The Morgan fingerprint density at radius 2 is 2.09 bits per heavy atom. The van der Waals surface area contributed by atoms with E-state index in [1.807, 2.05) is 0 Å². The van der Waals surface area contributed by atoms with E-state index >= 15 is 0 Å². The summed E-state index contributed by atoms with van der Waals surface area (Å²) in [5.74, 6) is 0.707. The van der Waals surface area contributed by atoms with Crippen molar-refractivity contribution in [3.8, 4) is 5.75 Å². The van der Waals surface area contributed by atoms with Crippen molar-refractivity contribution < 1.29 is 23.1 Å². The van der Waals surface area contributed by atoms with Gasteiger partial charge in [-0.3, -0.25) is 4.79 Å². The summed E-state index contributed by atoms with van der Waals surface area (Å²) in [5.41, 5.74) is 0. The summed E-state index contributed by atoms with van der Waals surface area (Å²) < 4.78 is 29.2. The minimum Gasteiger partial charge on any atom is -0.486 e. The molecule has 1 saturated heterocycles. The second-order valence-electron chi connectivity index (χ2n) is 5.35. The molecule has 0 radical (unpaired) electrons. The second kappa shape index (κ2) is 7.28. The van der Waals surface area contributed by atoms with Crippen molar-refractivity contribution in [2.75, 3.05) is 13.2 Å². The van der Waals surface area contributed by atoms with E-state index in [2.05, 4.69) is 5.32 Å². The zero-order valence-electron chi connectivity index (χ0n) is 12.6. The van der Waals surface area contributed by atoms with Crippen molar-refractivity contribution in [3.05, 3.63) is 53.7 Å².